The Morgan fingerprint density at radius 1 is 1.12 bits per heavy atom. The molecule has 1 aliphatic rings. The highest BCUT2D eigenvalue weighted by Gasteiger charge is 2.32. The topological polar surface area (TPSA) is 72.8 Å². The van der Waals surface area contributed by atoms with Gasteiger partial charge in [0.25, 0.3) is 5.91 Å². The maximum absolute atomic E-state index is 12.5. The summed E-state index contributed by atoms with van der Waals surface area (Å²) in [5.74, 6) is -0.681. The Labute approximate surface area is 148 Å². The Morgan fingerprint density at radius 2 is 1.88 bits per heavy atom. The number of benzene rings is 2. The van der Waals surface area contributed by atoms with Crippen molar-refractivity contribution >= 4 is 40.3 Å². The summed E-state index contributed by atoms with van der Waals surface area (Å²) in [6, 6.07) is 14.1. The van der Waals surface area contributed by atoms with E-state index < -0.39 is 0 Å². The molecule has 0 radical (unpaired) electrons. The highest BCUT2D eigenvalue weighted by Crippen LogP contribution is 2.33. The van der Waals surface area contributed by atoms with Crippen LogP contribution < -0.4 is 5.43 Å². The number of carbonyl (C=O) groups excluding carboxylic acids is 1. The molecule has 1 amide bonds. The second-order valence-corrected chi connectivity index (χ2v) is 6.76. The number of nitrogens with zero attached hydrogens (tertiary/aromatic N) is 1. The molecule has 7 heteroatoms. The monoisotopic (exact) mass is 358 g/mol. The Kier molecular flexibility index (Phi) is 4.84. The number of rotatable bonds is 4. The van der Waals surface area contributed by atoms with Crippen LogP contribution in [0.5, 0.6) is 11.5 Å². The van der Waals surface area contributed by atoms with Crippen molar-refractivity contribution < 1.29 is 15.0 Å². The van der Waals surface area contributed by atoms with Gasteiger partial charge in [-0.3, -0.25) is 4.79 Å². The average Bonchev–Trinajstić information content (AvgIpc) is 2.84. The van der Waals surface area contributed by atoms with Crippen LogP contribution in [0.15, 0.2) is 53.4 Å². The molecule has 1 heterocycles. The molecule has 0 unspecified atom stereocenters. The summed E-state index contributed by atoms with van der Waals surface area (Å²) in [6.45, 7) is 0.487. The van der Waals surface area contributed by atoms with Gasteiger partial charge in [0.05, 0.1) is 4.91 Å². The van der Waals surface area contributed by atoms with Crippen molar-refractivity contribution in [3.05, 3.63) is 64.6 Å². The SMILES string of the molecule is O=C1/C(=C\c2ccc(O)c(O)c2)SC(=S)N1NCc1ccccc1. The van der Waals surface area contributed by atoms with E-state index in [1.807, 2.05) is 30.3 Å². The molecule has 0 saturated carbocycles. The van der Waals surface area contributed by atoms with Gasteiger partial charge in [0.15, 0.2) is 15.8 Å². The maximum Gasteiger partial charge on any atom is 0.280 e. The number of thioether (sulfide) groups is 1. The summed E-state index contributed by atoms with van der Waals surface area (Å²) in [5.41, 5.74) is 4.67. The summed E-state index contributed by atoms with van der Waals surface area (Å²) in [6.07, 6.45) is 1.63. The molecule has 3 N–H and O–H groups in total. The molecule has 122 valence electrons. The molecule has 1 fully saturated rings. The number of hydrazine groups is 1. The third kappa shape index (κ3) is 3.59. The predicted molar refractivity (Wildman–Crippen MR) is 98.1 cm³/mol. The van der Waals surface area contributed by atoms with E-state index in [2.05, 4.69) is 5.43 Å². The molecule has 2 aromatic carbocycles. The molecule has 5 nitrogen and oxygen atoms in total. The maximum atomic E-state index is 12.5. The summed E-state index contributed by atoms with van der Waals surface area (Å²) in [5, 5.41) is 20.2. The molecule has 0 bridgehead atoms. The van der Waals surface area contributed by atoms with Crippen LogP contribution in [-0.2, 0) is 11.3 Å². The first kappa shape index (κ1) is 16.5. The van der Waals surface area contributed by atoms with E-state index in [1.165, 1.54) is 28.9 Å². The first-order valence-corrected chi connectivity index (χ1v) is 8.34. The van der Waals surface area contributed by atoms with Crippen molar-refractivity contribution in [2.45, 2.75) is 6.54 Å². The van der Waals surface area contributed by atoms with Gasteiger partial charge in [0, 0.05) is 6.54 Å². The summed E-state index contributed by atoms with van der Waals surface area (Å²) < 4.78 is 0.421. The molecule has 0 spiro atoms. The van der Waals surface area contributed by atoms with Gasteiger partial charge in [-0.2, -0.15) is 0 Å². The lowest BCUT2D eigenvalue weighted by molar-refractivity contribution is -0.124. The summed E-state index contributed by atoms with van der Waals surface area (Å²) in [4.78, 5) is 12.9. The molecular formula is C17H14N2O3S2. The minimum atomic E-state index is -0.242. The highest BCUT2D eigenvalue weighted by atomic mass is 32.2. The molecule has 2 aromatic rings. The number of hydrogen-bond donors (Lipinski definition) is 3. The Hall–Kier alpha value is -2.35. The van der Waals surface area contributed by atoms with Gasteiger partial charge in [-0.15, -0.1) is 0 Å². The van der Waals surface area contributed by atoms with Crippen LogP contribution in [0.3, 0.4) is 0 Å². The van der Waals surface area contributed by atoms with Crippen LogP contribution in [-0.4, -0.2) is 25.4 Å². The molecule has 3 rings (SSSR count). The van der Waals surface area contributed by atoms with E-state index in [4.69, 9.17) is 12.2 Å². The van der Waals surface area contributed by atoms with Crippen molar-refractivity contribution in [1.82, 2.24) is 10.4 Å². The second kappa shape index (κ2) is 7.04. The molecule has 1 aliphatic heterocycles. The number of amides is 1. The minimum Gasteiger partial charge on any atom is -0.504 e. The Morgan fingerprint density at radius 3 is 2.58 bits per heavy atom. The molecule has 24 heavy (non-hydrogen) atoms. The lowest BCUT2D eigenvalue weighted by Crippen LogP contribution is -2.40. The zero-order valence-electron chi connectivity index (χ0n) is 12.5. The van der Waals surface area contributed by atoms with Crippen molar-refractivity contribution in [3.8, 4) is 11.5 Å². The fraction of sp³-hybridized carbons (Fsp3) is 0.0588. The third-order valence-corrected chi connectivity index (χ3v) is 4.68. The molecule has 1 saturated heterocycles. The number of nitrogens with one attached hydrogen (secondary N) is 1. The largest absolute Gasteiger partial charge is 0.504 e. The molecule has 0 atom stereocenters. The lowest BCUT2D eigenvalue weighted by atomic mass is 10.2. The first-order chi connectivity index (χ1) is 11.5. The second-order valence-electron chi connectivity index (χ2n) is 5.09. The number of hydrogen-bond acceptors (Lipinski definition) is 6. The van der Waals surface area contributed by atoms with Crippen LogP contribution in [0.4, 0.5) is 0 Å². The Bertz CT molecular complexity index is 822. The average molecular weight is 358 g/mol. The first-order valence-electron chi connectivity index (χ1n) is 7.12. The van der Waals surface area contributed by atoms with Crippen LogP contribution in [0.2, 0.25) is 0 Å². The van der Waals surface area contributed by atoms with E-state index in [0.717, 1.165) is 5.56 Å². The minimum absolute atomic E-state index is 0.204. The van der Waals surface area contributed by atoms with Gasteiger partial charge in [-0.25, -0.2) is 10.4 Å². The zero-order chi connectivity index (χ0) is 17.1. The van der Waals surface area contributed by atoms with Crippen LogP contribution in [0, 0.1) is 0 Å². The fourth-order valence-corrected chi connectivity index (χ4v) is 3.37. The standard InChI is InChI=1S/C17H14N2O3S2/c20-13-7-6-12(8-14(13)21)9-15-16(22)19(17(23)24-15)18-10-11-4-2-1-3-5-11/h1-9,18,20-21H,10H2/b15-9+. The van der Waals surface area contributed by atoms with Crippen molar-refractivity contribution in [1.29, 1.82) is 0 Å². The highest BCUT2D eigenvalue weighted by molar-refractivity contribution is 8.26. The number of aromatic hydroxyl groups is 2. The normalized spacial score (nSPS) is 16.2. The van der Waals surface area contributed by atoms with Crippen LogP contribution >= 0.6 is 24.0 Å². The van der Waals surface area contributed by atoms with E-state index in [0.29, 0.717) is 21.3 Å². The summed E-state index contributed by atoms with van der Waals surface area (Å²) >= 11 is 6.43. The third-order valence-electron chi connectivity index (χ3n) is 3.38. The molecule has 0 aliphatic carbocycles. The van der Waals surface area contributed by atoms with E-state index >= 15 is 0 Å². The fourth-order valence-electron chi connectivity index (χ4n) is 2.15. The quantitative estimate of drug-likeness (QED) is 0.443. The molecular weight excluding hydrogens is 344 g/mol. The zero-order valence-corrected chi connectivity index (χ0v) is 14.1. The number of phenolic OH excluding ortho intramolecular Hbond substituents is 2. The van der Waals surface area contributed by atoms with Crippen LogP contribution in [0.1, 0.15) is 11.1 Å². The summed E-state index contributed by atoms with van der Waals surface area (Å²) in [7, 11) is 0. The lowest BCUT2D eigenvalue weighted by Gasteiger charge is -2.15. The van der Waals surface area contributed by atoms with Gasteiger partial charge < -0.3 is 10.2 Å². The smallest absolute Gasteiger partial charge is 0.280 e. The van der Waals surface area contributed by atoms with Crippen molar-refractivity contribution in [2.75, 3.05) is 0 Å². The van der Waals surface area contributed by atoms with Crippen LogP contribution in [0.25, 0.3) is 6.08 Å². The molecule has 0 aromatic heterocycles. The number of thiocarbonyl (C=S) groups is 1. The van der Waals surface area contributed by atoms with Gasteiger partial charge in [0.2, 0.25) is 0 Å². The van der Waals surface area contributed by atoms with E-state index in [-0.39, 0.29) is 17.4 Å². The van der Waals surface area contributed by atoms with Gasteiger partial charge in [-0.1, -0.05) is 60.4 Å². The van der Waals surface area contributed by atoms with Gasteiger partial charge in [0.1, 0.15) is 0 Å². The van der Waals surface area contributed by atoms with E-state index in [1.54, 1.807) is 12.1 Å². The van der Waals surface area contributed by atoms with E-state index in [9.17, 15) is 15.0 Å². The Balaban J connectivity index is 1.73. The van der Waals surface area contributed by atoms with Crippen molar-refractivity contribution in [2.24, 2.45) is 0 Å². The number of phenols is 2. The van der Waals surface area contributed by atoms with Gasteiger partial charge >= 0.3 is 0 Å². The van der Waals surface area contributed by atoms with Gasteiger partial charge in [-0.05, 0) is 29.3 Å². The predicted octanol–water partition coefficient (Wildman–Crippen LogP) is 3.00. The van der Waals surface area contributed by atoms with Crippen molar-refractivity contribution in [3.63, 3.8) is 0 Å². The number of carbonyl (C=O) groups is 1.